The summed E-state index contributed by atoms with van der Waals surface area (Å²) in [5.41, 5.74) is 5.03. The van der Waals surface area contributed by atoms with Crippen LogP contribution in [0.1, 0.15) is 21.8 Å². The minimum absolute atomic E-state index is 0.196. The van der Waals surface area contributed by atoms with Gasteiger partial charge in [0.1, 0.15) is 16.6 Å². The average molecular weight is 348 g/mol. The molecule has 0 bridgehead atoms. The van der Waals surface area contributed by atoms with Gasteiger partial charge in [-0.1, -0.05) is 12.1 Å². The molecule has 0 aliphatic heterocycles. The van der Waals surface area contributed by atoms with Crippen molar-refractivity contribution in [1.82, 2.24) is 15.2 Å². The van der Waals surface area contributed by atoms with Gasteiger partial charge in [-0.15, -0.1) is 16.2 Å². The van der Waals surface area contributed by atoms with Gasteiger partial charge in [0.15, 0.2) is 0 Å². The van der Waals surface area contributed by atoms with Gasteiger partial charge in [0.2, 0.25) is 0 Å². The third kappa shape index (κ3) is 4.16. The molecule has 0 saturated carbocycles. The number of thiazole rings is 1. The van der Waals surface area contributed by atoms with E-state index in [4.69, 9.17) is 5.26 Å². The summed E-state index contributed by atoms with van der Waals surface area (Å²) in [5.74, 6) is 0. The van der Waals surface area contributed by atoms with E-state index in [1.54, 1.807) is 19.1 Å². The van der Waals surface area contributed by atoms with Crippen LogP contribution in [0.3, 0.4) is 0 Å². The maximum absolute atomic E-state index is 12.3. The van der Waals surface area contributed by atoms with Gasteiger partial charge in [-0.25, -0.2) is 13.4 Å². The molecule has 0 atom stereocenters. The Hall–Kier alpha value is -2.21. The number of sulfonamides is 1. The molecule has 6 nitrogen and oxygen atoms in total. The molecule has 8 heteroatoms. The quantitative estimate of drug-likeness (QED) is 0.639. The molecule has 0 aliphatic carbocycles. The second kappa shape index (κ2) is 6.91. The standard InChI is InChI=1S/C15H16N4O2S2/c1-10-4-5-11(2)14(6-10)23(20,21)19-17-8-13(7-16)15-18-12(3)9-22-15/h4-6,8-9,17,19H,1-3H3/b13-8+. The van der Waals surface area contributed by atoms with Crippen molar-refractivity contribution in [2.45, 2.75) is 25.7 Å². The van der Waals surface area contributed by atoms with Gasteiger partial charge in [0.05, 0.1) is 4.90 Å². The molecular formula is C15H16N4O2S2. The Bertz CT molecular complexity index is 892. The van der Waals surface area contributed by atoms with Crippen LogP contribution in [0.5, 0.6) is 0 Å². The molecule has 0 saturated heterocycles. The third-order valence-electron chi connectivity index (χ3n) is 3.01. The van der Waals surface area contributed by atoms with Crippen molar-refractivity contribution < 1.29 is 8.42 Å². The highest BCUT2D eigenvalue weighted by molar-refractivity contribution is 7.89. The Morgan fingerprint density at radius 1 is 1.35 bits per heavy atom. The van der Waals surface area contributed by atoms with Gasteiger partial charge in [0, 0.05) is 17.3 Å². The van der Waals surface area contributed by atoms with E-state index in [1.807, 2.05) is 31.4 Å². The molecule has 2 rings (SSSR count). The number of aromatic nitrogens is 1. The first kappa shape index (κ1) is 17.1. The Labute approximate surface area is 139 Å². The summed E-state index contributed by atoms with van der Waals surface area (Å²) in [6, 6.07) is 7.18. The Morgan fingerprint density at radius 3 is 2.70 bits per heavy atom. The lowest BCUT2D eigenvalue weighted by molar-refractivity contribution is 0.574. The normalized spacial score (nSPS) is 12.0. The van der Waals surface area contributed by atoms with Crippen LogP contribution in [0.2, 0.25) is 0 Å². The predicted molar refractivity (Wildman–Crippen MR) is 89.8 cm³/mol. The van der Waals surface area contributed by atoms with Crippen LogP contribution in [0.4, 0.5) is 0 Å². The number of rotatable bonds is 5. The van der Waals surface area contributed by atoms with Gasteiger partial charge in [-0.05, 0) is 38.0 Å². The first-order valence-corrected chi connectivity index (χ1v) is 9.07. The highest BCUT2D eigenvalue weighted by Crippen LogP contribution is 2.18. The number of allylic oxidation sites excluding steroid dienone is 1. The smallest absolute Gasteiger partial charge is 0.257 e. The van der Waals surface area contributed by atoms with Gasteiger partial charge < -0.3 is 5.43 Å². The fourth-order valence-corrected chi connectivity index (χ4v) is 3.77. The predicted octanol–water partition coefficient (Wildman–Crippen LogP) is 2.42. The largest absolute Gasteiger partial charge is 0.314 e. The molecule has 1 aromatic heterocycles. The second-order valence-electron chi connectivity index (χ2n) is 4.98. The molecule has 2 N–H and O–H groups in total. The van der Waals surface area contributed by atoms with Crippen LogP contribution in [0, 0.1) is 32.1 Å². The zero-order valence-electron chi connectivity index (χ0n) is 12.9. The molecule has 0 amide bonds. The molecule has 120 valence electrons. The van der Waals surface area contributed by atoms with E-state index >= 15 is 0 Å². The van der Waals surface area contributed by atoms with Crippen LogP contribution in [0.25, 0.3) is 5.57 Å². The highest BCUT2D eigenvalue weighted by Gasteiger charge is 2.16. The maximum atomic E-state index is 12.3. The Balaban J connectivity index is 2.17. The molecule has 2 aromatic rings. The summed E-state index contributed by atoms with van der Waals surface area (Å²) in [4.78, 5) is 6.64. The zero-order valence-corrected chi connectivity index (χ0v) is 14.5. The number of aryl methyl sites for hydroxylation is 3. The SMILES string of the molecule is Cc1ccc(C)c(S(=O)(=O)NN/C=C(\C#N)c2nc(C)cs2)c1. The number of hydrazine groups is 1. The van der Waals surface area contributed by atoms with Crippen LogP contribution < -0.4 is 10.3 Å². The van der Waals surface area contributed by atoms with Crippen LogP contribution in [0.15, 0.2) is 34.7 Å². The summed E-state index contributed by atoms with van der Waals surface area (Å²) in [6.07, 6.45) is 1.29. The van der Waals surface area contributed by atoms with E-state index in [1.165, 1.54) is 17.5 Å². The lowest BCUT2D eigenvalue weighted by Crippen LogP contribution is -2.34. The molecule has 1 aromatic carbocycles. The molecule has 0 radical (unpaired) electrons. The van der Waals surface area contributed by atoms with E-state index in [2.05, 4.69) is 15.2 Å². The van der Waals surface area contributed by atoms with Gasteiger partial charge >= 0.3 is 0 Å². The van der Waals surface area contributed by atoms with Crippen molar-refractivity contribution in [3.63, 3.8) is 0 Å². The first-order chi connectivity index (χ1) is 10.8. The van der Waals surface area contributed by atoms with E-state index in [0.717, 1.165) is 11.3 Å². The van der Waals surface area contributed by atoms with Crippen molar-refractivity contribution in [2.75, 3.05) is 0 Å². The molecule has 0 unspecified atom stereocenters. The van der Waals surface area contributed by atoms with E-state index in [0.29, 0.717) is 10.6 Å². The van der Waals surface area contributed by atoms with Crippen LogP contribution in [-0.2, 0) is 10.0 Å². The van der Waals surface area contributed by atoms with E-state index < -0.39 is 10.0 Å². The zero-order chi connectivity index (χ0) is 17.0. The summed E-state index contributed by atoms with van der Waals surface area (Å²) < 4.78 is 24.6. The Morgan fingerprint density at radius 2 is 2.09 bits per heavy atom. The van der Waals surface area contributed by atoms with Gasteiger partial charge in [0.25, 0.3) is 10.0 Å². The van der Waals surface area contributed by atoms with Crippen molar-refractivity contribution >= 4 is 26.9 Å². The second-order valence-corrected chi connectivity index (χ2v) is 7.49. The van der Waals surface area contributed by atoms with Gasteiger partial charge in [-0.2, -0.15) is 5.26 Å². The molecule has 0 spiro atoms. The molecule has 0 aliphatic rings. The Kier molecular flexibility index (Phi) is 5.15. The molecule has 0 fully saturated rings. The lowest BCUT2D eigenvalue weighted by atomic mass is 10.2. The van der Waals surface area contributed by atoms with Gasteiger partial charge in [-0.3, -0.25) is 0 Å². The fraction of sp³-hybridized carbons (Fsp3) is 0.200. The van der Waals surface area contributed by atoms with E-state index in [-0.39, 0.29) is 10.5 Å². The number of nitrogens with one attached hydrogen (secondary N) is 2. The maximum Gasteiger partial charge on any atom is 0.257 e. The third-order valence-corrected chi connectivity index (χ3v) is 5.41. The van der Waals surface area contributed by atoms with E-state index in [9.17, 15) is 8.42 Å². The molecule has 23 heavy (non-hydrogen) atoms. The van der Waals surface area contributed by atoms with Crippen molar-refractivity contribution in [2.24, 2.45) is 0 Å². The first-order valence-electron chi connectivity index (χ1n) is 6.71. The summed E-state index contributed by atoms with van der Waals surface area (Å²) in [5, 5.41) is 11.5. The lowest BCUT2D eigenvalue weighted by Gasteiger charge is -2.10. The molecular weight excluding hydrogens is 332 g/mol. The highest BCUT2D eigenvalue weighted by atomic mass is 32.2. The molecule has 1 heterocycles. The number of benzene rings is 1. The minimum Gasteiger partial charge on any atom is -0.314 e. The topological polar surface area (TPSA) is 94.9 Å². The summed E-state index contributed by atoms with van der Waals surface area (Å²) in [6.45, 7) is 5.37. The summed E-state index contributed by atoms with van der Waals surface area (Å²) in [7, 11) is -3.73. The number of nitriles is 1. The minimum atomic E-state index is -3.73. The fourth-order valence-electron chi connectivity index (χ4n) is 1.85. The van der Waals surface area contributed by atoms with Crippen LogP contribution in [-0.4, -0.2) is 13.4 Å². The van der Waals surface area contributed by atoms with Crippen molar-refractivity contribution in [3.05, 3.63) is 51.6 Å². The summed E-state index contributed by atoms with van der Waals surface area (Å²) >= 11 is 1.32. The number of hydrogen-bond donors (Lipinski definition) is 2. The number of hydrogen-bond acceptors (Lipinski definition) is 6. The van der Waals surface area contributed by atoms with Crippen molar-refractivity contribution in [1.29, 1.82) is 5.26 Å². The monoisotopic (exact) mass is 348 g/mol. The number of nitrogens with zero attached hydrogens (tertiary/aromatic N) is 2. The van der Waals surface area contributed by atoms with Crippen molar-refractivity contribution in [3.8, 4) is 6.07 Å². The average Bonchev–Trinajstić information content (AvgIpc) is 2.92. The van der Waals surface area contributed by atoms with Crippen LogP contribution >= 0.6 is 11.3 Å².